The lowest BCUT2D eigenvalue weighted by Crippen LogP contribution is -2.20. The van der Waals surface area contributed by atoms with Gasteiger partial charge in [-0.05, 0) is 32.0 Å². The monoisotopic (exact) mass is 393 g/mol. The van der Waals surface area contributed by atoms with Crippen molar-refractivity contribution in [1.82, 2.24) is 29.3 Å². The van der Waals surface area contributed by atoms with Gasteiger partial charge >= 0.3 is 0 Å². The Bertz CT molecular complexity index is 1280. The topological polar surface area (TPSA) is 108 Å². The van der Waals surface area contributed by atoms with Gasteiger partial charge in [-0.1, -0.05) is 6.07 Å². The zero-order chi connectivity index (χ0) is 20.5. The fourth-order valence-corrected chi connectivity index (χ4v) is 2.97. The number of pyridine rings is 1. The standard InChI is InChI=1S/C19H16FN7O2/c1-11(2)26-9-23-25-18(26)14-4-3-5-17(24-14)27-8-21-15-7-13(20)16(22-10-28)6-12(15)19(27)29/h3-11H,1-2H3,(H,22,28). The normalized spacial score (nSPS) is 11.2. The largest absolute Gasteiger partial charge is 0.326 e. The minimum absolute atomic E-state index is 0.101. The lowest BCUT2D eigenvalue weighted by atomic mass is 10.2. The number of aromatic nitrogens is 6. The third-order valence-electron chi connectivity index (χ3n) is 4.40. The van der Waals surface area contributed by atoms with Crippen LogP contribution in [0.1, 0.15) is 19.9 Å². The number of nitrogens with zero attached hydrogens (tertiary/aromatic N) is 6. The van der Waals surface area contributed by atoms with Crippen molar-refractivity contribution in [2.45, 2.75) is 19.9 Å². The molecule has 0 aliphatic rings. The summed E-state index contributed by atoms with van der Waals surface area (Å²) in [5.41, 5.74) is 0.175. The lowest BCUT2D eigenvalue weighted by molar-refractivity contribution is -0.105. The SMILES string of the molecule is CC(C)n1cnnc1-c1cccc(-n2cnc3cc(F)c(NC=O)cc3c2=O)n1. The number of anilines is 1. The van der Waals surface area contributed by atoms with Gasteiger partial charge in [-0.3, -0.25) is 14.2 Å². The fourth-order valence-electron chi connectivity index (χ4n) is 2.97. The number of fused-ring (bicyclic) bond motifs is 1. The van der Waals surface area contributed by atoms with Crippen molar-refractivity contribution in [2.75, 3.05) is 5.32 Å². The highest BCUT2D eigenvalue weighted by molar-refractivity contribution is 5.85. The highest BCUT2D eigenvalue weighted by Crippen LogP contribution is 2.21. The molecule has 1 amide bonds. The van der Waals surface area contributed by atoms with Gasteiger partial charge < -0.3 is 9.88 Å². The van der Waals surface area contributed by atoms with Gasteiger partial charge in [0.2, 0.25) is 6.41 Å². The quantitative estimate of drug-likeness (QED) is 0.522. The number of carbonyl (C=O) groups is 1. The van der Waals surface area contributed by atoms with Crippen molar-refractivity contribution >= 4 is 23.0 Å². The van der Waals surface area contributed by atoms with E-state index in [-0.39, 0.29) is 22.6 Å². The van der Waals surface area contributed by atoms with Crippen LogP contribution in [0.3, 0.4) is 0 Å². The average Bonchev–Trinajstić information content (AvgIpc) is 3.20. The molecule has 3 aromatic heterocycles. The molecule has 146 valence electrons. The van der Waals surface area contributed by atoms with Crippen LogP contribution in [0.2, 0.25) is 0 Å². The summed E-state index contributed by atoms with van der Waals surface area (Å²) in [6.45, 7) is 4.00. The third-order valence-corrected chi connectivity index (χ3v) is 4.40. The first-order valence-electron chi connectivity index (χ1n) is 8.78. The zero-order valence-electron chi connectivity index (χ0n) is 15.6. The molecule has 0 aliphatic carbocycles. The summed E-state index contributed by atoms with van der Waals surface area (Å²) in [5.74, 6) is 0.222. The van der Waals surface area contributed by atoms with E-state index in [1.807, 2.05) is 18.4 Å². The molecule has 1 aromatic carbocycles. The molecule has 4 aromatic rings. The van der Waals surface area contributed by atoms with E-state index < -0.39 is 11.4 Å². The van der Waals surface area contributed by atoms with E-state index in [4.69, 9.17) is 0 Å². The maximum absolute atomic E-state index is 14.0. The molecular formula is C19H16FN7O2. The molecule has 0 bridgehead atoms. The first kappa shape index (κ1) is 18.4. The summed E-state index contributed by atoms with van der Waals surface area (Å²) in [7, 11) is 0. The van der Waals surface area contributed by atoms with Gasteiger partial charge in [-0.15, -0.1) is 10.2 Å². The van der Waals surface area contributed by atoms with Gasteiger partial charge in [0.1, 0.15) is 30.0 Å². The fraction of sp³-hybridized carbons (Fsp3) is 0.158. The predicted octanol–water partition coefficient (Wildman–Crippen LogP) is 2.33. The maximum atomic E-state index is 14.0. The van der Waals surface area contributed by atoms with Gasteiger partial charge in [0.15, 0.2) is 5.82 Å². The number of nitrogens with one attached hydrogen (secondary N) is 1. The van der Waals surface area contributed by atoms with Crippen molar-refractivity contribution in [3.63, 3.8) is 0 Å². The number of rotatable bonds is 5. The van der Waals surface area contributed by atoms with E-state index in [0.717, 1.165) is 6.07 Å². The van der Waals surface area contributed by atoms with Crippen LogP contribution in [0, 0.1) is 5.82 Å². The van der Waals surface area contributed by atoms with Crippen molar-refractivity contribution in [1.29, 1.82) is 0 Å². The Morgan fingerprint density at radius 2 is 2.03 bits per heavy atom. The van der Waals surface area contributed by atoms with Crippen LogP contribution in [-0.4, -0.2) is 35.7 Å². The molecule has 4 rings (SSSR count). The lowest BCUT2D eigenvalue weighted by Gasteiger charge is -2.11. The van der Waals surface area contributed by atoms with E-state index in [9.17, 15) is 14.0 Å². The first-order chi connectivity index (χ1) is 14.0. The predicted molar refractivity (Wildman–Crippen MR) is 104 cm³/mol. The molecule has 29 heavy (non-hydrogen) atoms. The minimum atomic E-state index is -0.678. The van der Waals surface area contributed by atoms with Crippen LogP contribution >= 0.6 is 0 Å². The van der Waals surface area contributed by atoms with Gasteiger partial charge in [0.25, 0.3) is 5.56 Å². The second-order valence-electron chi connectivity index (χ2n) is 6.57. The molecular weight excluding hydrogens is 377 g/mol. The smallest absolute Gasteiger partial charge is 0.267 e. The molecule has 0 unspecified atom stereocenters. The highest BCUT2D eigenvalue weighted by Gasteiger charge is 2.14. The second-order valence-corrected chi connectivity index (χ2v) is 6.57. The molecule has 0 aliphatic heterocycles. The number of hydrogen-bond donors (Lipinski definition) is 1. The Kier molecular flexibility index (Phi) is 4.59. The van der Waals surface area contributed by atoms with E-state index in [2.05, 4.69) is 25.5 Å². The van der Waals surface area contributed by atoms with Crippen LogP contribution in [0.15, 0.2) is 47.8 Å². The minimum Gasteiger partial charge on any atom is -0.326 e. The summed E-state index contributed by atoms with van der Waals surface area (Å²) in [6, 6.07) is 7.66. The van der Waals surface area contributed by atoms with Crippen LogP contribution < -0.4 is 10.9 Å². The Hall–Kier alpha value is -3.95. The molecule has 0 saturated carbocycles. The van der Waals surface area contributed by atoms with E-state index in [0.29, 0.717) is 23.7 Å². The summed E-state index contributed by atoms with van der Waals surface area (Å²) >= 11 is 0. The Labute approximate surface area is 163 Å². The molecule has 0 radical (unpaired) electrons. The first-order valence-corrected chi connectivity index (χ1v) is 8.78. The van der Waals surface area contributed by atoms with Gasteiger partial charge in [0.05, 0.1) is 16.6 Å². The number of amides is 1. The van der Waals surface area contributed by atoms with Crippen LogP contribution in [0.25, 0.3) is 28.2 Å². The van der Waals surface area contributed by atoms with Crippen LogP contribution in [0.4, 0.5) is 10.1 Å². The Balaban J connectivity index is 1.86. The van der Waals surface area contributed by atoms with Crippen LogP contribution in [0.5, 0.6) is 0 Å². The number of halogens is 1. The van der Waals surface area contributed by atoms with Crippen molar-refractivity contribution in [3.05, 3.63) is 59.2 Å². The molecule has 0 atom stereocenters. The van der Waals surface area contributed by atoms with Crippen molar-refractivity contribution in [3.8, 4) is 17.3 Å². The number of benzene rings is 1. The summed E-state index contributed by atoms with van der Waals surface area (Å²) in [6.07, 6.45) is 3.25. The summed E-state index contributed by atoms with van der Waals surface area (Å²) in [5, 5.41) is 10.4. The van der Waals surface area contributed by atoms with Gasteiger partial charge in [0, 0.05) is 12.1 Å². The molecule has 1 N–H and O–H groups in total. The van der Waals surface area contributed by atoms with E-state index in [1.54, 1.807) is 24.5 Å². The van der Waals surface area contributed by atoms with E-state index in [1.165, 1.54) is 17.0 Å². The summed E-state index contributed by atoms with van der Waals surface area (Å²) in [4.78, 5) is 32.3. The average molecular weight is 393 g/mol. The molecule has 9 nitrogen and oxygen atoms in total. The van der Waals surface area contributed by atoms with Crippen molar-refractivity contribution in [2.24, 2.45) is 0 Å². The molecule has 0 spiro atoms. The van der Waals surface area contributed by atoms with Gasteiger partial charge in [-0.25, -0.2) is 14.4 Å². The molecule has 3 heterocycles. The van der Waals surface area contributed by atoms with E-state index >= 15 is 0 Å². The molecule has 10 heteroatoms. The Morgan fingerprint density at radius 3 is 2.79 bits per heavy atom. The number of hydrogen-bond acceptors (Lipinski definition) is 6. The third kappa shape index (κ3) is 3.24. The van der Waals surface area contributed by atoms with Gasteiger partial charge in [-0.2, -0.15) is 0 Å². The second kappa shape index (κ2) is 7.23. The molecule has 0 saturated heterocycles. The Morgan fingerprint density at radius 1 is 1.21 bits per heavy atom. The highest BCUT2D eigenvalue weighted by atomic mass is 19.1. The molecule has 0 fully saturated rings. The number of carbonyl (C=O) groups excluding carboxylic acids is 1. The van der Waals surface area contributed by atoms with Crippen molar-refractivity contribution < 1.29 is 9.18 Å². The maximum Gasteiger partial charge on any atom is 0.267 e. The summed E-state index contributed by atoms with van der Waals surface area (Å²) < 4.78 is 17.1. The van der Waals surface area contributed by atoms with Crippen LogP contribution in [-0.2, 0) is 4.79 Å². The zero-order valence-corrected chi connectivity index (χ0v) is 15.6.